The molecular weight excluding hydrogens is 421 g/mol. The number of fused-ring (bicyclic) bond motifs is 1. The molecule has 2 atom stereocenters. The zero-order valence-electron chi connectivity index (χ0n) is 16.9. The lowest BCUT2D eigenvalue weighted by Crippen LogP contribution is -2.31. The third-order valence-corrected chi connectivity index (χ3v) is 6.54. The van der Waals surface area contributed by atoms with Gasteiger partial charge in [0.25, 0.3) is 10.1 Å². The molecule has 1 saturated heterocycles. The highest BCUT2D eigenvalue weighted by molar-refractivity contribution is 7.86. The molecule has 6 nitrogen and oxygen atoms in total. The number of carbonyl (C=O) groups excluding carboxylic acids is 1. The Kier molecular flexibility index (Phi) is 5.93. The predicted molar refractivity (Wildman–Crippen MR) is 114 cm³/mol. The molecular formula is C23H22FNO5S. The monoisotopic (exact) mass is 443 g/mol. The number of alkyl halides is 1. The normalized spacial score (nSPS) is 19.0. The summed E-state index contributed by atoms with van der Waals surface area (Å²) in [5.74, 6) is 0. The van der Waals surface area contributed by atoms with Crippen LogP contribution >= 0.6 is 0 Å². The minimum absolute atomic E-state index is 0.0321. The van der Waals surface area contributed by atoms with Crippen LogP contribution in [0.15, 0.2) is 71.6 Å². The van der Waals surface area contributed by atoms with Crippen LogP contribution in [0.4, 0.5) is 9.18 Å². The van der Waals surface area contributed by atoms with Gasteiger partial charge in [0.2, 0.25) is 0 Å². The number of carbonyl (C=O) groups is 1. The molecule has 3 aromatic carbocycles. The van der Waals surface area contributed by atoms with E-state index < -0.39 is 28.5 Å². The van der Waals surface area contributed by atoms with Gasteiger partial charge in [0.05, 0.1) is 18.0 Å². The van der Waals surface area contributed by atoms with Crippen molar-refractivity contribution in [3.05, 3.63) is 77.9 Å². The molecule has 0 bridgehead atoms. The number of aryl methyl sites for hydroxylation is 1. The lowest BCUT2D eigenvalue weighted by Gasteiger charge is -2.16. The summed E-state index contributed by atoms with van der Waals surface area (Å²) in [6.45, 7) is 1.37. The van der Waals surface area contributed by atoms with Crippen molar-refractivity contribution in [3.63, 3.8) is 0 Å². The summed E-state index contributed by atoms with van der Waals surface area (Å²) in [5, 5.41) is 2.10. The highest BCUT2D eigenvalue weighted by Gasteiger charge is 2.40. The number of ether oxygens (including phenoxy) is 1. The van der Waals surface area contributed by atoms with Crippen LogP contribution in [-0.2, 0) is 25.6 Å². The average molecular weight is 443 g/mol. The molecule has 0 radical (unpaired) electrons. The number of benzene rings is 3. The fourth-order valence-corrected chi connectivity index (χ4v) is 4.55. The Balaban J connectivity index is 1.36. The fourth-order valence-electron chi connectivity index (χ4n) is 3.46. The Morgan fingerprint density at radius 3 is 2.48 bits per heavy atom. The molecule has 0 unspecified atom stereocenters. The van der Waals surface area contributed by atoms with E-state index in [1.807, 2.05) is 49.4 Å². The molecule has 4 rings (SSSR count). The van der Waals surface area contributed by atoms with E-state index in [9.17, 15) is 17.6 Å². The quantitative estimate of drug-likeness (QED) is 0.553. The maximum Gasteiger partial charge on any atom is 0.410 e. The zero-order chi connectivity index (χ0) is 22.0. The van der Waals surface area contributed by atoms with Crippen molar-refractivity contribution < 1.29 is 26.5 Å². The molecule has 0 spiro atoms. The van der Waals surface area contributed by atoms with Gasteiger partial charge in [-0.25, -0.2) is 9.18 Å². The molecule has 1 heterocycles. The van der Waals surface area contributed by atoms with Crippen LogP contribution in [-0.4, -0.2) is 44.8 Å². The highest BCUT2D eigenvalue weighted by Crippen LogP contribution is 2.24. The van der Waals surface area contributed by atoms with E-state index in [-0.39, 0.29) is 24.6 Å². The molecule has 1 aliphatic rings. The van der Waals surface area contributed by atoms with E-state index in [0.29, 0.717) is 0 Å². The largest absolute Gasteiger partial charge is 0.445 e. The fraction of sp³-hybridized carbons (Fsp3) is 0.261. The molecule has 3 aromatic rings. The molecule has 0 aromatic heterocycles. The van der Waals surface area contributed by atoms with Crippen molar-refractivity contribution in [2.75, 3.05) is 13.1 Å². The third-order valence-electron chi connectivity index (χ3n) is 5.19. The first-order chi connectivity index (χ1) is 14.8. The zero-order valence-corrected chi connectivity index (χ0v) is 17.7. The van der Waals surface area contributed by atoms with Crippen LogP contribution in [0.2, 0.25) is 0 Å². The maximum atomic E-state index is 14.4. The van der Waals surface area contributed by atoms with E-state index in [1.165, 1.54) is 12.1 Å². The van der Waals surface area contributed by atoms with Crippen LogP contribution in [0.5, 0.6) is 0 Å². The Morgan fingerprint density at radius 1 is 1.03 bits per heavy atom. The first kappa shape index (κ1) is 21.3. The van der Waals surface area contributed by atoms with Crippen LogP contribution in [0.1, 0.15) is 11.1 Å². The van der Waals surface area contributed by atoms with Gasteiger partial charge in [0, 0.05) is 0 Å². The minimum atomic E-state index is -4.14. The Morgan fingerprint density at radius 2 is 1.74 bits per heavy atom. The number of halogens is 1. The first-order valence-electron chi connectivity index (χ1n) is 9.85. The highest BCUT2D eigenvalue weighted by atomic mass is 32.2. The van der Waals surface area contributed by atoms with Crippen molar-refractivity contribution in [1.82, 2.24) is 4.90 Å². The lowest BCUT2D eigenvalue weighted by atomic mass is 10.1. The van der Waals surface area contributed by atoms with Gasteiger partial charge >= 0.3 is 6.09 Å². The van der Waals surface area contributed by atoms with Gasteiger partial charge in [0.15, 0.2) is 0 Å². The van der Waals surface area contributed by atoms with Crippen molar-refractivity contribution in [3.8, 4) is 0 Å². The number of hydrogen-bond acceptors (Lipinski definition) is 5. The molecule has 162 valence electrons. The third kappa shape index (κ3) is 4.86. The molecule has 0 aliphatic carbocycles. The molecule has 1 aliphatic heterocycles. The summed E-state index contributed by atoms with van der Waals surface area (Å²) in [6, 6.07) is 19.6. The van der Waals surface area contributed by atoms with Gasteiger partial charge in [0.1, 0.15) is 18.9 Å². The number of hydrogen-bond donors (Lipinski definition) is 0. The Bertz CT molecular complexity index is 1200. The van der Waals surface area contributed by atoms with Gasteiger partial charge in [-0.15, -0.1) is 0 Å². The lowest BCUT2D eigenvalue weighted by molar-refractivity contribution is 0.0995. The van der Waals surface area contributed by atoms with E-state index in [4.69, 9.17) is 8.92 Å². The smallest absolute Gasteiger partial charge is 0.410 e. The second-order valence-electron chi connectivity index (χ2n) is 7.56. The van der Waals surface area contributed by atoms with Gasteiger partial charge in [-0.1, -0.05) is 54.1 Å². The number of amides is 1. The topological polar surface area (TPSA) is 72.9 Å². The molecule has 1 amide bonds. The molecule has 1 fully saturated rings. The summed E-state index contributed by atoms with van der Waals surface area (Å²) >= 11 is 0. The minimum Gasteiger partial charge on any atom is -0.445 e. The summed E-state index contributed by atoms with van der Waals surface area (Å²) in [7, 11) is -4.14. The van der Waals surface area contributed by atoms with Crippen molar-refractivity contribution >= 4 is 27.0 Å². The van der Waals surface area contributed by atoms with Crippen molar-refractivity contribution in [2.24, 2.45) is 0 Å². The number of nitrogens with zero attached hydrogens (tertiary/aromatic N) is 1. The van der Waals surface area contributed by atoms with E-state index in [2.05, 4.69) is 0 Å². The van der Waals surface area contributed by atoms with Crippen LogP contribution in [0.3, 0.4) is 0 Å². The van der Waals surface area contributed by atoms with Crippen LogP contribution in [0, 0.1) is 6.92 Å². The Hall–Kier alpha value is -2.97. The summed E-state index contributed by atoms with van der Waals surface area (Å²) < 4.78 is 49.6. The van der Waals surface area contributed by atoms with Gasteiger partial charge in [-0.2, -0.15) is 8.42 Å². The van der Waals surface area contributed by atoms with Gasteiger partial charge in [-0.05, 0) is 41.5 Å². The average Bonchev–Trinajstić information content (AvgIpc) is 3.12. The van der Waals surface area contributed by atoms with Crippen LogP contribution < -0.4 is 0 Å². The summed E-state index contributed by atoms with van der Waals surface area (Å²) in [5.41, 5.74) is 1.70. The summed E-state index contributed by atoms with van der Waals surface area (Å²) in [4.78, 5) is 13.5. The molecule has 31 heavy (non-hydrogen) atoms. The van der Waals surface area contributed by atoms with Crippen molar-refractivity contribution in [1.29, 1.82) is 0 Å². The molecule has 8 heteroatoms. The molecule has 0 saturated carbocycles. The number of rotatable bonds is 5. The van der Waals surface area contributed by atoms with Gasteiger partial charge < -0.3 is 9.64 Å². The number of likely N-dealkylation sites (tertiary alicyclic amines) is 1. The second kappa shape index (κ2) is 8.64. The summed E-state index contributed by atoms with van der Waals surface area (Å²) in [6.07, 6.45) is -3.62. The van der Waals surface area contributed by atoms with E-state index >= 15 is 0 Å². The molecule has 0 N–H and O–H groups in total. The maximum absolute atomic E-state index is 14.4. The van der Waals surface area contributed by atoms with E-state index in [1.54, 1.807) is 12.1 Å². The SMILES string of the molecule is Cc1ccc(S(=O)(=O)O[C@H]2CN(C(=O)OCc3ccc4ccccc4c3)C[C@@H]2F)cc1. The predicted octanol–water partition coefficient (Wildman–Crippen LogP) is 4.21. The Labute approximate surface area is 180 Å². The van der Waals surface area contributed by atoms with Crippen molar-refractivity contribution in [2.45, 2.75) is 30.7 Å². The van der Waals surface area contributed by atoms with Crippen LogP contribution in [0.25, 0.3) is 10.8 Å². The van der Waals surface area contributed by atoms with Gasteiger partial charge in [-0.3, -0.25) is 4.18 Å². The first-order valence-corrected chi connectivity index (χ1v) is 11.3. The second-order valence-corrected chi connectivity index (χ2v) is 9.13. The van der Waals surface area contributed by atoms with E-state index in [0.717, 1.165) is 26.8 Å². The standard InChI is InChI=1S/C23H22FNO5S/c1-16-6-10-20(11-7-16)31(27,28)30-22-14-25(13-21(22)24)23(26)29-15-17-8-9-18-4-2-3-5-19(18)12-17/h2-12,21-22H,13-15H2,1H3/t21-,22-/m0/s1.